The fraction of sp³-hybridized carbons (Fsp3) is 0.294. The molecular weight excluding hydrogens is 357 g/mol. The first-order chi connectivity index (χ1) is 12.5. The van der Waals surface area contributed by atoms with Crippen LogP contribution in [0.5, 0.6) is 0 Å². The minimum atomic E-state index is -0.877. The van der Waals surface area contributed by atoms with E-state index in [1.54, 1.807) is 12.1 Å². The third-order valence-corrected chi connectivity index (χ3v) is 5.39. The van der Waals surface area contributed by atoms with Crippen molar-refractivity contribution in [3.05, 3.63) is 52.8 Å². The molecule has 0 aliphatic carbocycles. The van der Waals surface area contributed by atoms with Gasteiger partial charge in [-0.05, 0) is 31.2 Å². The largest absolute Gasteiger partial charge is 0.480 e. The predicted octanol–water partition coefficient (Wildman–Crippen LogP) is 2.32. The Morgan fingerprint density at radius 2 is 2.12 bits per heavy atom. The standard InChI is InChI=1S/C17H16FN5O2S/c1-10-20-21-15-8-22(14(17(24)25)7-23(10)15)6-13-9-26-16(19-13)11-2-4-12(18)5-3-11/h2-5,9,14H,6-8H2,1H3,(H,24,25). The van der Waals surface area contributed by atoms with E-state index in [2.05, 4.69) is 15.2 Å². The molecule has 1 aromatic carbocycles. The molecule has 9 heteroatoms. The normalized spacial score (nSPS) is 17.2. The molecule has 0 saturated carbocycles. The van der Waals surface area contributed by atoms with Crippen LogP contribution >= 0.6 is 11.3 Å². The monoisotopic (exact) mass is 373 g/mol. The molecule has 3 aromatic rings. The van der Waals surface area contributed by atoms with Crippen LogP contribution in [-0.4, -0.2) is 41.8 Å². The number of aromatic nitrogens is 4. The minimum Gasteiger partial charge on any atom is -0.480 e. The van der Waals surface area contributed by atoms with Crippen molar-refractivity contribution in [1.82, 2.24) is 24.6 Å². The van der Waals surface area contributed by atoms with Gasteiger partial charge in [-0.2, -0.15) is 0 Å². The first-order valence-corrected chi connectivity index (χ1v) is 8.95. The Morgan fingerprint density at radius 1 is 1.35 bits per heavy atom. The van der Waals surface area contributed by atoms with Crippen molar-refractivity contribution in [1.29, 1.82) is 0 Å². The second kappa shape index (κ2) is 6.58. The van der Waals surface area contributed by atoms with Crippen LogP contribution in [0, 0.1) is 12.7 Å². The smallest absolute Gasteiger partial charge is 0.322 e. The summed E-state index contributed by atoms with van der Waals surface area (Å²) in [6.07, 6.45) is 0. The summed E-state index contributed by atoms with van der Waals surface area (Å²) in [4.78, 5) is 18.1. The van der Waals surface area contributed by atoms with Crippen LogP contribution < -0.4 is 0 Å². The van der Waals surface area contributed by atoms with Crippen LogP contribution in [0.4, 0.5) is 4.39 Å². The van der Waals surface area contributed by atoms with Crippen LogP contribution in [0.25, 0.3) is 10.6 Å². The number of fused-ring (bicyclic) bond motifs is 1. The average molecular weight is 373 g/mol. The second-order valence-corrected chi connectivity index (χ2v) is 7.04. The summed E-state index contributed by atoms with van der Waals surface area (Å²) in [6, 6.07) is 5.51. The van der Waals surface area contributed by atoms with Crippen LogP contribution in [-0.2, 0) is 24.4 Å². The maximum atomic E-state index is 13.1. The van der Waals surface area contributed by atoms with E-state index in [0.29, 0.717) is 19.6 Å². The van der Waals surface area contributed by atoms with E-state index in [-0.39, 0.29) is 5.82 Å². The van der Waals surface area contributed by atoms with Gasteiger partial charge in [-0.1, -0.05) is 0 Å². The Bertz CT molecular complexity index is 952. The molecule has 0 amide bonds. The molecule has 1 unspecified atom stereocenters. The minimum absolute atomic E-state index is 0.289. The van der Waals surface area contributed by atoms with Gasteiger partial charge in [0.2, 0.25) is 0 Å². The molecule has 0 bridgehead atoms. The van der Waals surface area contributed by atoms with Crippen molar-refractivity contribution < 1.29 is 14.3 Å². The molecule has 4 rings (SSSR count). The van der Waals surface area contributed by atoms with Gasteiger partial charge in [0.1, 0.15) is 28.5 Å². The lowest BCUT2D eigenvalue weighted by atomic mass is 10.1. The maximum absolute atomic E-state index is 13.1. The third-order valence-electron chi connectivity index (χ3n) is 4.45. The number of hydrogen-bond acceptors (Lipinski definition) is 6. The Balaban J connectivity index is 1.56. The Morgan fingerprint density at radius 3 is 2.85 bits per heavy atom. The number of nitrogens with zero attached hydrogens (tertiary/aromatic N) is 5. The van der Waals surface area contributed by atoms with Gasteiger partial charge >= 0.3 is 5.97 Å². The highest BCUT2D eigenvalue weighted by Gasteiger charge is 2.33. The van der Waals surface area contributed by atoms with Crippen LogP contribution in [0.1, 0.15) is 17.3 Å². The highest BCUT2D eigenvalue weighted by atomic mass is 32.1. The molecule has 0 saturated heterocycles. The highest BCUT2D eigenvalue weighted by molar-refractivity contribution is 7.13. The number of hydrogen-bond donors (Lipinski definition) is 1. The van der Waals surface area contributed by atoms with E-state index in [9.17, 15) is 14.3 Å². The summed E-state index contributed by atoms with van der Waals surface area (Å²) < 4.78 is 14.9. The van der Waals surface area contributed by atoms with Gasteiger partial charge in [-0.15, -0.1) is 21.5 Å². The summed E-state index contributed by atoms with van der Waals surface area (Å²) in [5.41, 5.74) is 1.62. The molecule has 2 aromatic heterocycles. The van der Waals surface area contributed by atoms with Gasteiger partial charge in [-0.25, -0.2) is 9.37 Å². The molecule has 0 radical (unpaired) electrons. The summed E-state index contributed by atoms with van der Waals surface area (Å²) in [5, 5.41) is 20.4. The molecule has 1 atom stereocenters. The third kappa shape index (κ3) is 3.11. The van der Waals surface area contributed by atoms with Crippen molar-refractivity contribution in [3.8, 4) is 10.6 Å². The van der Waals surface area contributed by atoms with Gasteiger partial charge in [0.25, 0.3) is 0 Å². The zero-order chi connectivity index (χ0) is 18.3. The maximum Gasteiger partial charge on any atom is 0.322 e. The van der Waals surface area contributed by atoms with Crippen LogP contribution in [0.2, 0.25) is 0 Å². The second-order valence-electron chi connectivity index (χ2n) is 6.18. The molecule has 1 aliphatic rings. The zero-order valence-electron chi connectivity index (χ0n) is 14.0. The van der Waals surface area contributed by atoms with Crippen molar-refractivity contribution in [3.63, 3.8) is 0 Å². The number of carbonyl (C=O) groups is 1. The quantitative estimate of drug-likeness (QED) is 0.756. The number of aryl methyl sites for hydroxylation is 1. The molecule has 0 spiro atoms. The van der Waals surface area contributed by atoms with E-state index in [4.69, 9.17) is 0 Å². The highest BCUT2D eigenvalue weighted by Crippen LogP contribution is 2.26. The van der Waals surface area contributed by atoms with E-state index in [1.165, 1.54) is 23.5 Å². The predicted molar refractivity (Wildman–Crippen MR) is 92.9 cm³/mol. The molecule has 1 N–H and O–H groups in total. The fourth-order valence-corrected chi connectivity index (χ4v) is 3.89. The molecule has 26 heavy (non-hydrogen) atoms. The average Bonchev–Trinajstić information content (AvgIpc) is 3.22. The van der Waals surface area contributed by atoms with E-state index in [0.717, 1.165) is 27.9 Å². The van der Waals surface area contributed by atoms with Gasteiger partial charge in [0.15, 0.2) is 0 Å². The first-order valence-electron chi connectivity index (χ1n) is 8.07. The molecule has 1 aliphatic heterocycles. The van der Waals surface area contributed by atoms with E-state index in [1.807, 2.05) is 21.8 Å². The van der Waals surface area contributed by atoms with Crippen LogP contribution in [0.15, 0.2) is 29.6 Å². The number of benzene rings is 1. The summed E-state index contributed by atoms with van der Waals surface area (Å²) in [5.74, 6) is 0.312. The molecular formula is C17H16FN5O2S. The number of halogens is 1. The molecule has 7 nitrogen and oxygen atoms in total. The molecule has 0 fully saturated rings. The Kier molecular flexibility index (Phi) is 4.25. The van der Waals surface area contributed by atoms with E-state index < -0.39 is 12.0 Å². The Hall–Kier alpha value is -2.65. The zero-order valence-corrected chi connectivity index (χ0v) is 14.8. The summed E-state index contributed by atoms with van der Waals surface area (Å²) in [7, 11) is 0. The number of carboxylic acids is 1. The number of rotatable bonds is 4. The van der Waals surface area contributed by atoms with Gasteiger partial charge < -0.3 is 9.67 Å². The van der Waals surface area contributed by atoms with Gasteiger partial charge in [0, 0.05) is 17.5 Å². The lowest BCUT2D eigenvalue weighted by Crippen LogP contribution is -2.47. The molecule has 134 valence electrons. The topological polar surface area (TPSA) is 84.1 Å². The summed E-state index contributed by atoms with van der Waals surface area (Å²) >= 11 is 1.46. The lowest BCUT2D eigenvalue weighted by molar-refractivity contribution is -0.145. The van der Waals surface area contributed by atoms with E-state index >= 15 is 0 Å². The first kappa shape index (κ1) is 16.8. The SMILES string of the molecule is Cc1nnc2n1CC(C(=O)O)N(Cc1csc(-c3ccc(F)cc3)n1)C2. The summed E-state index contributed by atoms with van der Waals surface area (Å²) in [6.45, 7) is 2.95. The van der Waals surface area contributed by atoms with Crippen molar-refractivity contribution in [2.24, 2.45) is 0 Å². The molecule has 3 heterocycles. The fourth-order valence-electron chi connectivity index (χ4n) is 3.07. The van der Waals surface area contributed by atoms with Crippen molar-refractivity contribution in [2.45, 2.75) is 32.6 Å². The van der Waals surface area contributed by atoms with Crippen LogP contribution in [0.3, 0.4) is 0 Å². The van der Waals surface area contributed by atoms with Crippen molar-refractivity contribution >= 4 is 17.3 Å². The number of carboxylic acid groups (broad SMARTS) is 1. The van der Waals surface area contributed by atoms with Gasteiger partial charge in [-0.3, -0.25) is 9.69 Å². The number of aliphatic carboxylic acids is 1. The number of thiazole rings is 1. The van der Waals surface area contributed by atoms with Crippen molar-refractivity contribution in [2.75, 3.05) is 0 Å². The Labute approximate surface area is 152 Å². The lowest BCUT2D eigenvalue weighted by Gasteiger charge is -2.32. The van der Waals surface area contributed by atoms with Gasteiger partial charge in [0.05, 0.1) is 18.8 Å².